The van der Waals surface area contributed by atoms with E-state index in [0.29, 0.717) is 5.02 Å². The second-order valence-electron chi connectivity index (χ2n) is 3.43. The normalized spacial score (nSPS) is 11.0. The maximum atomic E-state index is 6.05. The van der Waals surface area contributed by atoms with Crippen LogP contribution in [0.5, 0.6) is 0 Å². The lowest BCUT2D eigenvalue weighted by atomic mass is 10.1. The molecular formula is C13H14ClN. The molecule has 1 rings (SSSR count). The topological polar surface area (TPSA) is 3.24 Å². The minimum atomic E-state index is 0.673. The Labute approximate surface area is 95.3 Å². The summed E-state index contributed by atoms with van der Waals surface area (Å²) in [5.74, 6) is 0. The van der Waals surface area contributed by atoms with Crippen molar-refractivity contribution in [2.24, 2.45) is 0 Å². The Bertz CT molecular complexity index is 508. The van der Waals surface area contributed by atoms with Crippen LogP contribution in [0.1, 0.15) is 5.56 Å². The van der Waals surface area contributed by atoms with E-state index >= 15 is 0 Å². The fraction of sp³-hybridized carbons (Fsp3) is 0.154. The Morgan fingerprint density at radius 3 is 2.53 bits per heavy atom. The number of nitrogens with zero attached hydrogens (tertiary/aromatic N) is 1. The van der Waals surface area contributed by atoms with Crippen LogP contribution in [0.2, 0.25) is 5.02 Å². The molecule has 0 saturated heterocycles. The van der Waals surface area contributed by atoms with Crippen molar-refractivity contribution in [3.63, 3.8) is 0 Å². The molecule has 0 aromatic heterocycles. The molecule has 0 saturated carbocycles. The summed E-state index contributed by atoms with van der Waals surface area (Å²) in [5, 5.41) is 2.61. The third kappa shape index (κ3) is 2.76. The van der Waals surface area contributed by atoms with E-state index in [2.05, 4.69) is 18.9 Å². The van der Waals surface area contributed by atoms with Crippen molar-refractivity contribution in [2.45, 2.75) is 0 Å². The zero-order valence-corrected chi connectivity index (χ0v) is 9.80. The van der Waals surface area contributed by atoms with Crippen LogP contribution in [-0.4, -0.2) is 19.0 Å². The monoisotopic (exact) mass is 219 g/mol. The quantitative estimate of drug-likeness (QED) is 0.734. The zero-order valence-electron chi connectivity index (χ0n) is 9.05. The van der Waals surface area contributed by atoms with Crippen LogP contribution in [0.25, 0.3) is 18.0 Å². The highest BCUT2D eigenvalue weighted by molar-refractivity contribution is 6.32. The summed E-state index contributed by atoms with van der Waals surface area (Å²) < 4.78 is 0. The molecule has 1 nitrogen and oxygen atoms in total. The van der Waals surface area contributed by atoms with Gasteiger partial charge in [0.15, 0.2) is 0 Å². The highest BCUT2D eigenvalue weighted by Gasteiger charge is 1.96. The van der Waals surface area contributed by atoms with Gasteiger partial charge >= 0.3 is 0 Å². The second kappa shape index (κ2) is 4.88. The van der Waals surface area contributed by atoms with Crippen molar-refractivity contribution in [1.82, 2.24) is 4.90 Å². The van der Waals surface area contributed by atoms with Gasteiger partial charge in [-0.25, -0.2) is 0 Å². The summed E-state index contributed by atoms with van der Waals surface area (Å²) in [6, 6.07) is 3.82. The first-order chi connectivity index (χ1) is 7.08. The van der Waals surface area contributed by atoms with Gasteiger partial charge in [-0.15, -0.1) is 5.73 Å². The van der Waals surface area contributed by atoms with E-state index in [4.69, 9.17) is 11.6 Å². The van der Waals surface area contributed by atoms with Crippen molar-refractivity contribution < 1.29 is 0 Å². The lowest BCUT2D eigenvalue weighted by Crippen LogP contribution is -2.26. The minimum Gasteiger partial charge on any atom is -0.383 e. The fourth-order valence-corrected chi connectivity index (χ4v) is 1.54. The van der Waals surface area contributed by atoms with Crippen molar-refractivity contribution in [2.75, 3.05) is 14.1 Å². The minimum absolute atomic E-state index is 0.673. The predicted octanol–water partition coefficient (Wildman–Crippen LogP) is 1.85. The molecule has 0 aliphatic rings. The van der Waals surface area contributed by atoms with Gasteiger partial charge in [-0.2, -0.15) is 0 Å². The summed E-state index contributed by atoms with van der Waals surface area (Å²) in [6.45, 7) is 7.37. The molecule has 78 valence electrons. The van der Waals surface area contributed by atoms with E-state index in [-0.39, 0.29) is 0 Å². The van der Waals surface area contributed by atoms with Crippen LogP contribution in [0.4, 0.5) is 0 Å². The Morgan fingerprint density at radius 1 is 1.40 bits per heavy atom. The van der Waals surface area contributed by atoms with Gasteiger partial charge in [0.25, 0.3) is 0 Å². The predicted molar refractivity (Wildman–Crippen MR) is 68.0 cm³/mol. The van der Waals surface area contributed by atoms with Crippen molar-refractivity contribution in [1.29, 1.82) is 0 Å². The molecule has 15 heavy (non-hydrogen) atoms. The first-order valence-electron chi connectivity index (χ1n) is 4.59. The molecule has 0 N–H and O–H groups in total. The number of hydrogen-bond donors (Lipinski definition) is 0. The lowest BCUT2D eigenvalue weighted by molar-refractivity contribution is 0.614. The second-order valence-corrected chi connectivity index (χ2v) is 3.84. The van der Waals surface area contributed by atoms with E-state index in [0.717, 1.165) is 16.0 Å². The average molecular weight is 220 g/mol. The number of hydrogen-bond acceptors (Lipinski definition) is 1. The third-order valence-corrected chi connectivity index (χ3v) is 2.30. The summed E-state index contributed by atoms with van der Waals surface area (Å²) >= 11 is 6.05. The van der Waals surface area contributed by atoms with E-state index in [9.17, 15) is 0 Å². The van der Waals surface area contributed by atoms with E-state index in [1.807, 2.05) is 37.3 Å². The van der Waals surface area contributed by atoms with Crippen molar-refractivity contribution in [3.05, 3.63) is 46.3 Å². The summed E-state index contributed by atoms with van der Waals surface area (Å²) in [5.41, 5.74) is 3.79. The molecule has 2 heteroatoms. The van der Waals surface area contributed by atoms with Crippen LogP contribution in [0, 0.1) is 0 Å². The van der Waals surface area contributed by atoms with Gasteiger partial charge < -0.3 is 4.90 Å². The molecule has 0 bridgehead atoms. The van der Waals surface area contributed by atoms with Crippen LogP contribution in [0.15, 0.2) is 25.3 Å². The largest absolute Gasteiger partial charge is 0.383 e. The van der Waals surface area contributed by atoms with Gasteiger partial charge in [-0.3, -0.25) is 0 Å². The number of halogens is 1. The van der Waals surface area contributed by atoms with Gasteiger partial charge in [-0.1, -0.05) is 30.8 Å². The molecule has 1 aromatic rings. The van der Waals surface area contributed by atoms with Gasteiger partial charge in [0, 0.05) is 35.8 Å². The lowest BCUT2D eigenvalue weighted by Gasteiger charge is -2.04. The Morgan fingerprint density at radius 2 is 2.07 bits per heavy atom. The van der Waals surface area contributed by atoms with Gasteiger partial charge in [0.05, 0.1) is 0 Å². The van der Waals surface area contributed by atoms with Crippen LogP contribution in [0.3, 0.4) is 0 Å². The standard InChI is InChI=1S/C13H14ClN/c1-5-10-8-13(14)11(6-2)7-12(10)9-15(3)4/h6-9H,1-2H2,3-4H3/b12-9-. The third-order valence-electron chi connectivity index (χ3n) is 1.98. The Hall–Kier alpha value is -1.43. The number of benzene rings is 1. The fourth-order valence-electron chi connectivity index (χ4n) is 1.30. The van der Waals surface area contributed by atoms with Gasteiger partial charge in [-0.05, 0) is 17.7 Å². The highest BCUT2D eigenvalue weighted by atomic mass is 35.5. The molecule has 0 heterocycles. The zero-order chi connectivity index (χ0) is 11.4. The Kier molecular flexibility index (Phi) is 3.79. The summed E-state index contributed by atoms with van der Waals surface area (Å²) in [4.78, 5) is 1.97. The van der Waals surface area contributed by atoms with Gasteiger partial charge in [0.1, 0.15) is 0 Å². The smallest absolute Gasteiger partial charge is 0.0490 e. The molecule has 0 spiro atoms. The Balaban J connectivity index is 3.65. The number of rotatable bonds is 2. The molecule has 0 aliphatic heterocycles. The maximum absolute atomic E-state index is 6.05. The molecule has 1 aromatic carbocycles. The molecule has 0 amide bonds. The SMILES string of the molecule is C=C=c1cc(Cl)c(C=C)c/c1=C/N(C)C. The molecular weight excluding hydrogens is 206 g/mol. The average Bonchev–Trinajstić information content (AvgIpc) is 2.19. The van der Waals surface area contributed by atoms with Gasteiger partial charge in [0.2, 0.25) is 0 Å². The molecule has 0 aliphatic carbocycles. The van der Waals surface area contributed by atoms with Crippen LogP contribution in [-0.2, 0) is 0 Å². The summed E-state index contributed by atoms with van der Waals surface area (Å²) in [7, 11) is 3.93. The van der Waals surface area contributed by atoms with E-state index in [1.54, 1.807) is 6.08 Å². The van der Waals surface area contributed by atoms with Crippen molar-refractivity contribution in [3.8, 4) is 0 Å². The van der Waals surface area contributed by atoms with E-state index in [1.165, 1.54) is 0 Å². The molecule has 0 radical (unpaired) electrons. The van der Waals surface area contributed by atoms with Crippen LogP contribution < -0.4 is 10.4 Å². The first-order valence-corrected chi connectivity index (χ1v) is 4.96. The highest BCUT2D eigenvalue weighted by Crippen LogP contribution is 2.11. The van der Waals surface area contributed by atoms with E-state index < -0.39 is 0 Å². The summed E-state index contributed by atoms with van der Waals surface area (Å²) in [6.07, 6.45) is 3.74. The van der Waals surface area contributed by atoms with Crippen LogP contribution >= 0.6 is 11.6 Å². The van der Waals surface area contributed by atoms with Crippen molar-refractivity contribution >= 4 is 29.6 Å². The molecule has 0 unspecified atom stereocenters. The molecule has 0 atom stereocenters. The molecule has 0 fully saturated rings. The first kappa shape index (κ1) is 11.6. The maximum Gasteiger partial charge on any atom is 0.0490 e.